The van der Waals surface area contributed by atoms with E-state index in [0.717, 1.165) is 12.8 Å². The summed E-state index contributed by atoms with van der Waals surface area (Å²) in [6.45, 7) is 1.97. The maximum atomic E-state index is 10.7. The number of hydrogen-bond acceptors (Lipinski definition) is 3. The maximum absolute atomic E-state index is 10.7. The maximum Gasteiger partial charge on any atom is 0.335 e. The lowest BCUT2D eigenvalue weighted by molar-refractivity contribution is -0.120. The topological polar surface area (TPSA) is 84.2 Å². The smallest absolute Gasteiger partial charge is 0.277 e. The van der Waals surface area contributed by atoms with Gasteiger partial charge >= 0.3 is 6.03 Å². The molecule has 0 bridgehead atoms. The standard InChI is InChI=1S/C6H13N3O2/c1-2-3-4-5(10)8-6(11)9-7/h2-4,7H2,1H3,(H2,8,9,10,11). The van der Waals surface area contributed by atoms with Gasteiger partial charge < -0.3 is 0 Å². The van der Waals surface area contributed by atoms with Crippen LogP contribution < -0.4 is 16.6 Å². The molecule has 0 aliphatic heterocycles. The summed E-state index contributed by atoms with van der Waals surface area (Å²) in [5, 5.41) is 2.05. The van der Waals surface area contributed by atoms with Gasteiger partial charge in [-0.2, -0.15) is 0 Å². The molecule has 0 aliphatic rings. The number of hydrogen-bond donors (Lipinski definition) is 3. The van der Waals surface area contributed by atoms with Gasteiger partial charge in [0.05, 0.1) is 0 Å². The highest BCUT2D eigenvalue weighted by molar-refractivity contribution is 5.93. The predicted molar refractivity (Wildman–Crippen MR) is 40.4 cm³/mol. The molecule has 5 nitrogen and oxygen atoms in total. The van der Waals surface area contributed by atoms with Gasteiger partial charge in [0, 0.05) is 6.42 Å². The van der Waals surface area contributed by atoms with Gasteiger partial charge in [-0.25, -0.2) is 10.6 Å². The SMILES string of the molecule is CCCCC(=O)NC(=O)NN. The Morgan fingerprint density at radius 3 is 2.55 bits per heavy atom. The molecule has 0 aromatic carbocycles. The van der Waals surface area contributed by atoms with Crippen LogP contribution in [-0.4, -0.2) is 11.9 Å². The fourth-order valence-corrected chi connectivity index (χ4v) is 0.563. The van der Waals surface area contributed by atoms with Crippen LogP contribution in [-0.2, 0) is 4.79 Å². The molecule has 4 N–H and O–H groups in total. The van der Waals surface area contributed by atoms with E-state index in [-0.39, 0.29) is 5.91 Å². The second-order valence-electron chi connectivity index (χ2n) is 2.13. The molecule has 0 aromatic rings. The monoisotopic (exact) mass is 159 g/mol. The van der Waals surface area contributed by atoms with Gasteiger partial charge in [-0.15, -0.1) is 0 Å². The summed E-state index contributed by atoms with van der Waals surface area (Å²) in [5.41, 5.74) is 1.80. The Morgan fingerprint density at radius 2 is 2.09 bits per heavy atom. The van der Waals surface area contributed by atoms with E-state index in [1.807, 2.05) is 6.92 Å². The van der Waals surface area contributed by atoms with Crippen molar-refractivity contribution >= 4 is 11.9 Å². The van der Waals surface area contributed by atoms with Crippen molar-refractivity contribution in [1.82, 2.24) is 10.7 Å². The van der Waals surface area contributed by atoms with E-state index in [1.165, 1.54) is 0 Å². The first kappa shape index (κ1) is 9.90. The number of carbonyl (C=O) groups is 2. The quantitative estimate of drug-likeness (QED) is 0.305. The molecule has 64 valence electrons. The van der Waals surface area contributed by atoms with Crippen LogP contribution in [0.4, 0.5) is 4.79 Å². The lowest BCUT2D eigenvalue weighted by Gasteiger charge is -2.00. The van der Waals surface area contributed by atoms with Gasteiger partial charge in [0.15, 0.2) is 0 Å². The zero-order valence-corrected chi connectivity index (χ0v) is 6.52. The fourth-order valence-electron chi connectivity index (χ4n) is 0.563. The number of unbranched alkanes of at least 4 members (excludes halogenated alkanes) is 1. The van der Waals surface area contributed by atoms with Crippen LogP contribution >= 0.6 is 0 Å². The van der Waals surface area contributed by atoms with E-state index in [1.54, 1.807) is 5.43 Å². The van der Waals surface area contributed by atoms with Crippen LogP contribution in [0.25, 0.3) is 0 Å². The van der Waals surface area contributed by atoms with Crippen molar-refractivity contribution in [1.29, 1.82) is 0 Å². The molecular weight excluding hydrogens is 146 g/mol. The Kier molecular flexibility index (Phi) is 5.10. The zero-order valence-electron chi connectivity index (χ0n) is 6.52. The number of imide groups is 1. The van der Waals surface area contributed by atoms with E-state index in [2.05, 4.69) is 5.32 Å². The molecule has 0 radical (unpaired) electrons. The van der Waals surface area contributed by atoms with Gasteiger partial charge in [0.25, 0.3) is 0 Å². The van der Waals surface area contributed by atoms with Gasteiger partial charge in [-0.05, 0) is 6.42 Å². The van der Waals surface area contributed by atoms with Crippen molar-refractivity contribution in [2.75, 3.05) is 0 Å². The Balaban J connectivity index is 3.44. The van der Waals surface area contributed by atoms with E-state index in [4.69, 9.17) is 5.84 Å². The minimum Gasteiger partial charge on any atom is -0.277 e. The number of carbonyl (C=O) groups excluding carboxylic acids is 2. The van der Waals surface area contributed by atoms with E-state index in [9.17, 15) is 9.59 Å². The minimum atomic E-state index is -0.661. The average Bonchev–Trinajstić information content (AvgIpc) is 2.00. The Labute approximate surface area is 65.3 Å². The van der Waals surface area contributed by atoms with Gasteiger partial charge in [-0.1, -0.05) is 13.3 Å². The first-order valence-corrected chi connectivity index (χ1v) is 3.51. The van der Waals surface area contributed by atoms with Gasteiger partial charge in [0.1, 0.15) is 0 Å². The van der Waals surface area contributed by atoms with Gasteiger partial charge in [-0.3, -0.25) is 15.5 Å². The molecule has 5 heteroatoms. The Bertz CT molecular complexity index is 147. The Hall–Kier alpha value is -1.10. The lowest BCUT2D eigenvalue weighted by atomic mass is 10.2. The highest BCUT2D eigenvalue weighted by atomic mass is 16.2. The Morgan fingerprint density at radius 1 is 1.45 bits per heavy atom. The summed E-state index contributed by atoms with van der Waals surface area (Å²) in [4.78, 5) is 21.2. The number of rotatable bonds is 3. The number of amides is 3. The lowest BCUT2D eigenvalue weighted by Crippen LogP contribution is -2.42. The molecule has 0 unspecified atom stereocenters. The molecular formula is C6H13N3O2. The molecule has 0 atom stereocenters. The predicted octanol–water partition coefficient (Wildman–Crippen LogP) is -0.124. The van der Waals surface area contributed by atoms with E-state index >= 15 is 0 Å². The average molecular weight is 159 g/mol. The highest BCUT2D eigenvalue weighted by Gasteiger charge is 2.03. The first-order valence-electron chi connectivity index (χ1n) is 3.51. The number of hydrazine groups is 1. The molecule has 0 spiro atoms. The van der Waals surface area contributed by atoms with E-state index in [0.29, 0.717) is 6.42 Å². The molecule has 11 heavy (non-hydrogen) atoms. The number of nitrogens with two attached hydrogens (primary N) is 1. The minimum absolute atomic E-state index is 0.296. The second-order valence-corrected chi connectivity index (χ2v) is 2.13. The third-order valence-electron chi connectivity index (χ3n) is 1.14. The molecule has 0 heterocycles. The summed E-state index contributed by atoms with van der Waals surface area (Å²) in [6.07, 6.45) is 2.07. The third kappa shape index (κ3) is 5.35. The largest absolute Gasteiger partial charge is 0.335 e. The summed E-state index contributed by atoms with van der Waals surface area (Å²) < 4.78 is 0. The summed E-state index contributed by atoms with van der Waals surface area (Å²) in [7, 11) is 0. The van der Waals surface area contributed by atoms with Crippen molar-refractivity contribution in [3.05, 3.63) is 0 Å². The van der Waals surface area contributed by atoms with Crippen molar-refractivity contribution in [3.8, 4) is 0 Å². The van der Waals surface area contributed by atoms with Crippen molar-refractivity contribution in [2.24, 2.45) is 5.84 Å². The van der Waals surface area contributed by atoms with Crippen LogP contribution in [0, 0.1) is 0 Å². The van der Waals surface area contributed by atoms with E-state index < -0.39 is 6.03 Å². The molecule has 0 saturated heterocycles. The van der Waals surface area contributed by atoms with Crippen LogP contribution in [0.1, 0.15) is 26.2 Å². The third-order valence-corrected chi connectivity index (χ3v) is 1.14. The van der Waals surface area contributed by atoms with Crippen LogP contribution in [0.5, 0.6) is 0 Å². The highest BCUT2D eigenvalue weighted by Crippen LogP contribution is 1.92. The van der Waals surface area contributed by atoms with Crippen LogP contribution in [0.2, 0.25) is 0 Å². The normalized spacial score (nSPS) is 8.91. The molecule has 0 saturated carbocycles. The molecule has 0 aromatic heterocycles. The number of nitrogens with one attached hydrogen (secondary N) is 2. The molecule has 3 amide bonds. The van der Waals surface area contributed by atoms with Crippen molar-refractivity contribution < 1.29 is 9.59 Å². The summed E-state index contributed by atoms with van der Waals surface area (Å²) in [5.74, 6) is 4.44. The van der Waals surface area contributed by atoms with Crippen molar-refractivity contribution in [3.63, 3.8) is 0 Å². The molecule has 0 aliphatic carbocycles. The number of urea groups is 1. The first-order chi connectivity index (χ1) is 5.20. The van der Waals surface area contributed by atoms with Gasteiger partial charge in [0.2, 0.25) is 5.91 Å². The summed E-state index contributed by atoms with van der Waals surface area (Å²) in [6, 6.07) is -0.661. The zero-order chi connectivity index (χ0) is 8.69. The summed E-state index contributed by atoms with van der Waals surface area (Å²) >= 11 is 0. The molecule has 0 fully saturated rings. The van der Waals surface area contributed by atoms with Crippen LogP contribution in [0.15, 0.2) is 0 Å². The fraction of sp³-hybridized carbons (Fsp3) is 0.667. The van der Waals surface area contributed by atoms with Crippen molar-refractivity contribution in [2.45, 2.75) is 26.2 Å². The second kappa shape index (κ2) is 5.67. The van der Waals surface area contributed by atoms with Crippen LogP contribution in [0.3, 0.4) is 0 Å². The molecule has 0 rings (SSSR count).